The Bertz CT molecular complexity index is 1220. The number of aliphatic hydroxyl groups is 1. The van der Waals surface area contributed by atoms with Gasteiger partial charge in [-0.2, -0.15) is 5.09 Å². The number of carbonyl (C=O) groups excluding carboxylic acids is 4. The molecule has 1 aromatic rings. The molecule has 2 aliphatic heterocycles. The molecule has 0 spiro atoms. The van der Waals surface area contributed by atoms with Crippen LogP contribution in [0, 0.1) is 0 Å². The lowest BCUT2D eigenvalue weighted by atomic mass is 9.94. The number of ether oxygens (including phenoxy) is 3. The fraction of sp³-hybridized carbons (Fsp3) is 0.583. The molecule has 0 aliphatic carbocycles. The summed E-state index contributed by atoms with van der Waals surface area (Å²) in [6.45, 7) is 5.00. The highest BCUT2D eigenvalue weighted by Crippen LogP contribution is 2.50. The van der Waals surface area contributed by atoms with Crippen molar-refractivity contribution < 1.29 is 56.5 Å². The summed E-state index contributed by atoms with van der Waals surface area (Å²) in [6.07, 6.45) is -4.54. The molecule has 228 valence electrons. The molecule has 1 unspecified atom stereocenters. The summed E-state index contributed by atoms with van der Waals surface area (Å²) in [4.78, 5) is 49.1. The lowest BCUT2D eigenvalue weighted by Crippen LogP contribution is -2.61. The van der Waals surface area contributed by atoms with Crippen LogP contribution in [0.3, 0.4) is 0 Å². The zero-order valence-corrected chi connectivity index (χ0v) is 24.6. The van der Waals surface area contributed by atoms with Crippen molar-refractivity contribution in [1.29, 1.82) is 0 Å². The molecular formula is C24H32ClFN3O11P. The Labute approximate surface area is 240 Å². The van der Waals surface area contributed by atoms with Crippen molar-refractivity contribution in [2.24, 2.45) is 0 Å². The van der Waals surface area contributed by atoms with Crippen LogP contribution >= 0.6 is 19.3 Å². The fourth-order valence-corrected chi connectivity index (χ4v) is 5.75. The topological polar surface area (TPSA) is 179 Å². The SMILES string of the molecule is CC(=O)O[C@H]1[C@@](C)(O)[C@H](N2CCC(=O)NC2=O)O[C@]1(F)COP(=O)(N[C@@H](C)C(=O)OC(C)C)Oc1ccc(Cl)cc1. The Morgan fingerprint density at radius 2 is 1.93 bits per heavy atom. The van der Waals surface area contributed by atoms with Crippen LogP contribution in [0.15, 0.2) is 24.3 Å². The van der Waals surface area contributed by atoms with Gasteiger partial charge in [0.15, 0.2) is 12.3 Å². The number of imide groups is 1. The minimum Gasteiger partial charge on any atom is -0.462 e. The lowest BCUT2D eigenvalue weighted by Gasteiger charge is -2.37. The van der Waals surface area contributed by atoms with Gasteiger partial charge in [-0.05, 0) is 52.0 Å². The maximum atomic E-state index is 16.5. The summed E-state index contributed by atoms with van der Waals surface area (Å²) in [7, 11) is -4.65. The van der Waals surface area contributed by atoms with Crippen LogP contribution in [0.2, 0.25) is 5.02 Å². The van der Waals surface area contributed by atoms with Crippen LogP contribution in [0.5, 0.6) is 5.75 Å². The van der Waals surface area contributed by atoms with Crippen molar-refractivity contribution in [3.05, 3.63) is 29.3 Å². The average Bonchev–Trinajstić information content (AvgIpc) is 3.04. The van der Waals surface area contributed by atoms with Gasteiger partial charge in [-0.15, -0.1) is 0 Å². The molecule has 2 fully saturated rings. The summed E-state index contributed by atoms with van der Waals surface area (Å²) < 4.78 is 56.7. The van der Waals surface area contributed by atoms with Gasteiger partial charge in [-0.25, -0.2) is 13.8 Å². The number of alkyl halides is 1. The molecule has 0 bridgehead atoms. The number of urea groups is 1. The lowest BCUT2D eigenvalue weighted by molar-refractivity contribution is -0.217. The molecule has 0 radical (unpaired) electrons. The second-order valence-corrected chi connectivity index (χ2v) is 12.1. The van der Waals surface area contributed by atoms with E-state index in [0.717, 1.165) is 18.7 Å². The van der Waals surface area contributed by atoms with Crippen LogP contribution in [-0.4, -0.2) is 83.0 Å². The zero-order chi connectivity index (χ0) is 30.8. The van der Waals surface area contributed by atoms with Crippen molar-refractivity contribution in [3.8, 4) is 5.75 Å². The number of carbonyl (C=O) groups is 4. The summed E-state index contributed by atoms with van der Waals surface area (Å²) in [5.41, 5.74) is -2.37. The van der Waals surface area contributed by atoms with Crippen LogP contribution in [-0.2, 0) is 37.7 Å². The molecule has 3 N–H and O–H groups in total. The fourth-order valence-electron chi connectivity index (χ4n) is 4.12. The van der Waals surface area contributed by atoms with E-state index in [0.29, 0.717) is 5.02 Å². The van der Waals surface area contributed by atoms with E-state index in [9.17, 15) is 28.8 Å². The Morgan fingerprint density at radius 3 is 2.49 bits per heavy atom. The predicted molar refractivity (Wildman–Crippen MR) is 139 cm³/mol. The van der Waals surface area contributed by atoms with Crippen molar-refractivity contribution in [2.45, 2.75) is 77.0 Å². The minimum atomic E-state index is -4.65. The van der Waals surface area contributed by atoms with Gasteiger partial charge < -0.3 is 23.8 Å². The second kappa shape index (κ2) is 12.6. The first-order valence-electron chi connectivity index (χ1n) is 12.5. The molecule has 41 heavy (non-hydrogen) atoms. The molecule has 1 aromatic carbocycles. The standard InChI is InChI=1S/C24H32ClFN3O11P/c1-13(2)37-19(32)14(3)28-41(35,40-17-8-6-16(25)7-9-17)36-12-24(26)20(38-15(4)30)23(5,34)21(39-24)29-11-10-18(31)27-22(29)33/h6-9,13-14,20-21,34H,10-12H2,1-5H3,(H,28,35)(H,27,31,33)/t14-,20-,21+,23+,24+,41?/m0/s1. The summed E-state index contributed by atoms with van der Waals surface area (Å²) in [6, 6.07) is 3.27. The van der Waals surface area contributed by atoms with Crippen LogP contribution in [0.4, 0.5) is 9.18 Å². The number of hydrogen-bond donors (Lipinski definition) is 3. The van der Waals surface area contributed by atoms with Crippen molar-refractivity contribution in [2.75, 3.05) is 13.2 Å². The number of esters is 2. The first kappa shape index (κ1) is 32.7. The minimum absolute atomic E-state index is 0.0361. The van der Waals surface area contributed by atoms with Gasteiger partial charge in [-0.1, -0.05) is 11.6 Å². The largest absolute Gasteiger partial charge is 0.462 e. The molecule has 2 heterocycles. The molecule has 6 atom stereocenters. The maximum Gasteiger partial charge on any atom is 0.459 e. The van der Waals surface area contributed by atoms with Gasteiger partial charge in [0.25, 0.3) is 5.85 Å². The molecular weight excluding hydrogens is 592 g/mol. The number of amides is 3. The van der Waals surface area contributed by atoms with Gasteiger partial charge in [0.05, 0.1) is 6.10 Å². The molecule has 0 aromatic heterocycles. The predicted octanol–water partition coefficient (Wildman–Crippen LogP) is 2.42. The van der Waals surface area contributed by atoms with E-state index >= 15 is 4.39 Å². The van der Waals surface area contributed by atoms with Gasteiger partial charge in [0.2, 0.25) is 5.91 Å². The van der Waals surface area contributed by atoms with Gasteiger partial charge >= 0.3 is 25.7 Å². The van der Waals surface area contributed by atoms with E-state index in [2.05, 4.69) is 5.09 Å². The van der Waals surface area contributed by atoms with Gasteiger partial charge in [0.1, 0.15) is 24.0 Å². The van der Waals surface area contributed by atoms with Crippen LogP contribution in [0.25, 0.3) is 0 Å². The normalized spacial score (nSPS) is 28.6. The van der Waals surface area contributed by atoms with Crippen LogP contribution < -0.4 is 14.9 Å². The Morgan fingerprint density at radius 1 is 1.29 bits per heavy atom. The molecule has 17 heteroatoms. The zero-order valence-electron chi connectivity index (χ0n) is 22.9. The molecule has 14 nitrogen and oxygen atoms in total. The van der Waals surface area contributed by atoms with E-state index < -0.39 is 74.2 Å². The van der Waals surface area contributed by atoms with E-state index in [1.807, 2.05) is 5.32 Å². The second-order valence-electron chi connectivity index (χ2n) is 9.92. The number of nitrogens with one attached hydrogen (secondary N) is 2. The Kier molecular flexibility index (Phi) is 10.0. The third-order valence-electron chi connectivity index (χ3n) is 5.91. The van der Waals surface area contributed by atoms with E-state index in [4.69, 9.17) is 34.9 Å². The monoisotopic (exact) mass is 623 g/mol. The molecule has 2 aliphatic rings. The average molecular weight is 624 g/mol. The highest BCUT2D eigenvalue weighted by atomic mass is 35.5. The number of nitrogens with zero attached hydrogens (tertiary/aromatic N) is 1. The highest BCUT2D eigenvalue weighted by molar-refractivity contribution is 7.52. The Hall–Kier alpha value is -2.81. The Balaban J connectivity index is 1.91. The first-order valence-corrected chi connectivity index (χ1v) is 14.4. The molecule has 3 amide bonds. The van der Waals surface area contributed by atoms with Gasteiger partial charge in [-0.3, -0.25) is 29.1 Å². The summed E-state index contributed by atoms with van der Waals surface area (Å²) >= 11 is 5.89. The summed E-state index contributed by atoms with van der Waals surface area (Å²) in [5, 5.41) is 16.0. The van der Waals surface area contributed by atoms with Crippen LogP contribution in [0.1, 0.15) is 41.0 Å². The number of hydrogen-bond acceptors (Lipinski definition) is 11. The molecule has 0 saturated carbocycles. The van der Waals surface area contributed by atoms with Crippen molar-refractivity contribution in [1.82, 2.24) is 15.3 Å². The molecule has 3 rings (SSSR count). The number of halogens is 2. The highest BCUT2D eigenvalue weighted by Gasteiger charge is 2.67. The summed E-state index contributed by atoms with van der Waals surface area (Å²) in [5.74, 6) is -5.66. The third-order valence-corrected chi connectivity index (χ3v) is 7.79. The van der Waals surface area contributed by atoms with Crippen molar-refractivity contribution >= 4 is 43.2 Å². The quantitative estimate of drug-likeness (QED) is 0.242. The maximum absolute atomic E-state index is 16.5. The number of benzene rings is 1. The third kappa shape index (κ3) is 7.93. The van der Waals surface area contributed by atoms with E-state index in [-0.39, 0.29) is 18.7 Å². The smallest absolute Gasteiger partial charge is 0.459 e. The van der Waals surface area contributed by atoms with Crippen molar-refractivity contribution in [3.63, 3.8) is 0 Å². The first-order chi connectivity index (χ1) is 19.0. The number of rotatable bonds is 11. The van der Waals surface area contributed by atoms with E-state index in [1.165, 1.54) is 31.2 Å². The van der Waals surface area contributed by atoms with Gasteiger partial charge in [0, 0.05) is 24.9 Å². The molecule has 2 saturated heterocycles. The van der Waals surface area contributed by atoms with E-state index in [1.54, 1.807) is 13.8 Å².